The zero-order valence-corrected chi connectivity index (χ0v) is 17.9. The number of hydrogen-bond donors (Lipinski definition) is 0. The molecule has 1 unspecified atom stereocenters. The van der Waals surface area contributed by atoms with Crippen LogP contribution in [0.5, 0.6) is 0 Å². The SMILES string of the molecule is CC(C)(C)OC(=O)c1cccc(CC(C(=O)c2ccccc2)C(=O)c2ccccn2)c1. The van der Waals surface area contributed by atoms with Crippen molar-refractivity contribution in [3.05, 3.63) is 101 Å². The second kappa shape index (κ2) is 9.47. The highest BCUT2D eigenvalue weighted by molar-refractivity contribution is 6.15. The molecular weight excluding hydrogens is 390 g/mol. The fourth-order valence-corrected chi connectivity index (χ4v) is 3.19. The van der Waals surface area contributed by atoms with Crippen molar-refractivity contribution in [2.75, 3.05) is 0 Å². The van der Waals surface area contributed by atoms with Crippen LogP contribution in [0, 0.1) is 5.92 Å². The van der Waals surface area contributed by atoms with Gasteiger partial charge in [-0.3, -0.25) is 14.6 Å². The third kappa shape index (κ3) is 5.95. The smallest absolute Gasteiger partial charge is 0.338 e. The van der Waals surface area contributed by atoms with E-state index in [1.807, 2.05) is 6.07 Å². The largest absolute Gasteiger partial charge is 0.456 e. The van der Waals surface area contributed by atoms with Crippen LogP contribution in [-0.4, -0.2) is 28.1 Å². The van der Waals surface area contributed by atoms with E-state index in [1.165, 1.54) is 6.20 Å². The van der Waals surface area contributed by atoms with E-state index in [2.05, 4.69) is 4.98 Å². The van der Waals surface area contributed by atoms with Crippen molar-refractivity contribution in [3.8, 4) is 0 Å². The molecule has 1 aromatic heterocycles. The second-order valence-corrected chi connectivity index (χ2v) is 8.27. The first kappa shape index (κ1) is 22.1. The molecule has 2 aromatic carbocycles. The van der Waals surface area contributed by atoms with Gasteiger partial charge in [0.25, 0.3) is 0 Å². The number of aromatic nitrogens is 1. The van der Waals surface area contributed by atoms with Crippen LogP contribution in [0.15, 0.2) is 79.0 Å². The van der Waals surface area contributed by atoms with Gasteiger partial charge >= 0.3 is 5.97 Å². The number of esters is 1. The van der Waals surface area contributed by atoms with E-state index in [0.717, 1.165) is 0 Å². The zero-order chi connectivity index (χ0) is 22.4. The van der Waals surface area contributed by atoms with Crippen molar-refractivity contribution in [1.29, 1.82) is 0 Å². The third-order valence-electron chi connectivity index (χ3n) is 4.61. The number of nitrogens with zero attached hydrogens (tertiary/aromatic N) is 1. The molecule has 0 spiro atoms. The Hall–Kier alpha value is -3.60. The molecule has 5 heteroatoms. The van der Waals surface area contributed by atoms with Gasteiger partial charge in [-0.25, -0.2) is 4.79 Å². The lowest BCUT2D eigenvalue weighted by molar-refractivity contribution is 0.00692. The molecule has 0 radical (unpaired) electrons. The summed E-state index contributed by atoms with van der Waals surface area (Å²) >= 11 is 0. The summed E-state index contributed by atoms with van der Waals surface area (Å²) in [6.07, 6.45) is 1.68. The first-order chi connectivity index (χ1) is 14.7. The van der Waals surface area contributed by atoms with Gasteiger partial charge in [-0.05, 0) is 57.0 Å². The van der Waals surface area contributed by atoms with Crippen molar-refractivity contribution in [1.82, 2.24) is 4.98 Å². The Kier molecular flexibility index (Phi) is 6.75. The van der Waals surface area contributed by atoms with Crippen LogP contribution in [0.4, 0.5) is 0 Å². The van der Waals surface area contributed by atoms with Gasteiger partial charge in [-0.15, -0.1) is 0 Å². The van der Waals surface area contributed by atoms with E-state index >= 15 is 0 Å². The number of pyridine rings is 1. The summed E-state index contributed by atoms with van der Waals surface area (Å²) in [6.45, 7) is 5.40. The Morgan fingerprint density at radius 2 is 1.52 bits per heavy atom. The normalized spacial score (nSPS) is 12.1. The van der Waals surface area contributed by atoms with E-state index in [-0.39, 0.29) is 23.7 Å². The Morgan fingerprint density at radius 3 is 2.16 bits per heavy atom. The summed E-state index contributed by atoms with van der Waals surface area (Å²) in [5.41, 5.74) is 1.15. The molecule has 3 aromatic rings. The minimum Gasteiger partial charge on any atom is -0.456 e. The van der Waals surface area contributed by atoms with Crippen molar-refractivity contribution >= 4 is 17.5 Å². The molecule has 0 saturated carbocycles. The predicted molar refractivity (Wildman–Crippen MR) is 118 cm³/mol. The number of rotatable bonds is 7. The van der Waals surface area contributed by atoms with Crippen molar-refractivity contribution in [2.45, 2.75) is 32.8 Å². The number of Topliss-reactive ketones (excluding diaryl/α,β-unsaturated/α-hetero) is 2. The van der Waals surface area contributed by atoms with Crippen LogP contribution in [0.1, 0.15) is 57.5 Å². The molecule has 1 atom stereocenters. The molecule has 0 amide bonds. The van der Waals surface area contributed by atoms with E-state index in [0.29, 0.717) is 16.7 Å². The summed E-state index contributed by atoms with van der Waals surface area (Å²) in [6, 6.07) is 20.6. The highest BCUT2D eigenvalue weighted by atomic mass is 16.6. The minimum atomic E-state index is -0.953. The molecule has 31 heavy (non-hydrogen) atoms. The van der Waals surface area contributed by atoms with Crippen molar-refractivity contribution < 1.29 is 19.1 Å². The Morgan fingerprint density at radius 1 is 0.839 bits per heavy atom. The fourth-order valence-electron chi connectivity index (χ4n) is 3.19. The van der Waals surface area contributed by atoms with Gasteiger partial charge in [0.15, 0.2) is 11.6 Å². The lowest BCUT2D eigenvalue weighted by atomic mass is 9.86. The molecule has 158 valence electrons. The van der Waals surface area contributed by atoms with Gasteiger partial charge in [0.1, 0.15) is 11.3 Å². The van der Waals surface area contributed by atoms with Crippen LogP contribution in [0.3, 0.4) is 0 Å². The summed E-state index contributed by atoms with van der Waals surface area (Å²) in [5, 5.41) is 0. The van der Waals surface area contributed by atoms with Crippen LogP contribution < -0.4 is 0 Å². The number of hydrogen-bond acceptors (Lipinski definition) is 5. The molecule has 0 N–H and O–H groups in total. The van der Waals surface area contributed by atoms with E-state index in [9.17, 15) is 14.4 Å². The molecule has 0 aliphatic carbocycles. The van der Waals surface area contributed by atoms with Gasteiger partial charge in [-0.1, -0.05) is 48.5 Å². The maximum atomic E-state index is 13.2. The van der Waals surface area contributed by atoms with Crippen molar-refractivity contribution in [2.24, 2.45) is 5.92 Å². The van der Waals surface area contributed by atoms with E-state index < -0.39 is 17.5 Å². The quantitative estimate of drug-likeness (QED) is 0.310. The highest BCUT2D eigenvalue weighted by Crippen LogP contribution is 2.21. The average Bonchev–Trinajstić information content (AvgIpc) is 2.77. The summed E-state index contributed by atoms with van der Waals surface area (Å²) in [4.78, 5) is 43.0. The first-order valence-corrected chi connectivity index (χ1v) is 10.1. The number of carbonyl (C=O) groups is 3. The standard InChI is InChI=1S/C26H25NO4/c1-26(2,3)31-25(30)20-13-9-10-18(16-20)17-21(23(28)19-11-5-4-6-12-19)24(29)22-14-7-8-15-27-22/h4-16,21H,17H2,1-3H3. The fraction of sp³-hybridized carbons (Fsp3) is 0.231. The van der Waals surface area contributed by atoms with Gasteiger partial charge < -0.3 is 4.74 Å². The van der Waals surface area contributed by atoms with E-state index in [4.69, 9.17) is 4.74 Å². The minimum absolute atomic E-state index is 0.153. The summed E-state index contributed by atoms with van der Waals surface area (Å²) < 4.78 is 5.43. The molecule has 0 aliphatic rings. The number of carbonyl (C=O) groups excluding carboxylic acids is 3. The number of benzene rings is 2. The highest BCUT2D eigenvalue weighted by Gasteiger charge is 2.30. The molecule has 5 nitrogen and oxygen atoms in total. The van der Waals surface area contributed by atoms with E-state index in [1.54, 1.807) is 87.5 Å². The molecule has 0 fully saturated rings. The maximum Gasteiger partial charge on any atom is 0.338 e. The molecule has 0 aliphatic heterocycles. The van der Waals surface area contributed by atoms with Crippen LogP contribution >= 0.6 is 0 Å². The topological polar surface area (TPSA) is 73.3 Å². The first-order valence-electron chi connectivity index (χ1n) is 10.1. The zero-order valence-electron chi connectivity index (χ0n) is 17.9. The van der Waals surface area contributed by atoms with Crippen LogP contribution in [0.2, 0.25) is 0 Å². The second-order valence-electron chi connectivity index (χ2n) is 8.27. The summed E-state index contributed by atoms with van der Waals surface area (Å²) in [5.74, 6) is -2.03. The monoisotopic (exact) mass is 415 g/mol. The third-order valence-corrected chi connectivity index (χ3v) is 4.61. The van der Waals surface area contributed by atoms with Crippen LogP contribution in [0.25, 0.3) is 0 Å². The molecule has 0 bridgehead atoms. The maximum absolute atomic E-state index is 13.2. The molecule has 1 heterocycles. The van der Waals surface area contributed by atoms with Crippen molar-refractivity contribution in [3.63, 3.8) is 0 Å². The average molecular weight is 415 g/mol. The summed E-state index contributed by atoms with van der Waals surface area (Å²) in [7, 11) is 0. The molecular formula is C26H25NO4. The lowest BCUT2D eigenvalue weighted by Gasteiger charge is -2.20. The Bertz CT molecular complexity index is 1020. The van der Waals surface area contributed by atoms with Gasteiger partial charge in [-0.2, -0.15) is 0 Å². The molecule has 3 rings (SSSR count). The van der Waals surface area contributed by atoms with Crippen LogP contribution in [-0.2, 0) is 11.2 Å². The number of ether oxygens (including phenoxy) is 1. The van der Waals surface area contributed by atoms with Gasteiger partial charge in [0, 0.05) is 11.8 Å². The van der Waals surface area contributed by atoms with Gasteiger partial charge in [0.05, 0.1) is 11.5 Å². The Labute approximate surface area is 182 Å². The predicted octanol–water partition coefficient (Wildman–Crippen LogP) is 4.96. The van der Waals surface area contributed by atoms with Gasteiger partial charge in [0.2, 0.25) is 0 Å². The Balaban J connectivity index is 1.92. The molecule has 0 saturated heterocycles. The lowest BCUT2D eigenvalue weighted by Crippen LogP contribution is -2.27. The number of ketones is 2.